The molecular formula is C14H22F3N3. The molecule has 0 aromatic carbocycles. The van der Waals surface area contributed by atoms with Crippen LogP contribution in [0.5, 0.6) is 0 Å². The zero-order valence-electron chi connectivity index (χ0n) is 12.2. The number of aromatic nitrogens is 2. The first-order valence-electron chi connectivity index (χ1n) is 7.14. The van der Waals surface area contributed by atoms with Gasteiger partial charge in [0.05, 0.1) is 12.1 Å². The first-order valence-corrected chi connectivity index (χ1v) is 7.14. The van der Waals surface area contributed by atoms with Crippen LogP contribution in [-0.4, -0.2) is 22.3 Å². The largest absolute Gasteiger partial charge is 0.391 e. The molecule has 6 heteroatoms. The summed E-state index contributed by atoms with van der Waals surface area (Å²) in [6, 6.07) is -0.585. The number of alkyl halides is 3. The van der Waals surface area contributed by atoms with Gasteiger partial charge in [0.1, 0.15) is 5.82 Å². The van der Waals surface area contributed by atoms with E-state index in [9.17, 15) is 13.2 Å². The van der Waals surface area contributed by atoms with Gasteiger partial charge in [0.2, 0.25) is 0 Å². The number of hydrogen-bond acceptors (Lipinski definition) is 2. The molecule has 1 aliphatic rings. The van der Waals surface area contributed by atoms with Gasteiger partial charge in [0, 0.05) is 37.7 Å². The first-order chi connectivity index (χ1) is 9.28. The summed E-state index contributed by atoms with van der Waals surface area (Å²) in [5.74, 6) is 1.18. The third-order valence-electron chi connectivity index (χ3n) is 3.56. The molecule has 0 radical (unpaired) electrons. The fourth-order valence-corrected chi connectivity index (χ4v) is 2.84. The highest BCUT2D eigenvalue weighted by molar-refractivity contribution is 5.21. The van der Waals surface area contributed by atoms with Gasteiger partial charge in [-0.2, -0.15) is 13.2 Å². The Morgan fingerprint density at radius 2 is 2.00 bits per heavy atom. The second kappa shape index (κ2) is 5.76. The van der Waals surface area contributed by atoms with Crippen LogP contribution in [0.1, 0.15) is 50.4 Å². The van der Waals surface area contributed by atoms with Crippen molar-refractivity contribution in [3.05, 3.63) is 17.2 Å². The van der Waals surface area contributed by atoms with E-state index >= 15 is 0 Å². The molecule has 1 unspecified atom stereocenters. The molecule has 20 heavy (non-hydrogen) atoms. The number of halogens is 3. The van der Waals surface area contributed by atoms with Crippen LogP contribution in [0.3, 0.4) is 0 Å². The predicted octanol–water partition coefficient (Wildman–Crippen LogP) is 3.24. The monoisotopic (exact) mass is 289 g/mol. The molecule has 2 rings (SSSR count). The standard InChI is InChI=1S/C14H22F3N3/c1-9(2)6-13-19-11-8-18-5-4-12(11)20(13)10(3)7-14(15,16)17/h9-10,18H,4-8H2,1-3H3. The average molecular weight is 289 g/mol. The zero-order valence-corrected chi connectivity index (χ0v) is 12.2. The lowest BCUT2D eigenvalue weighted by molar-refractivity contribution is -0.141. The molecular weight excluding hydrogens is 267 g/mol. The summed E-state index contributed by atoms with van der Waals surface area (Å²) in [7, 11) is 0. The summed E-state index contributed by atoms with van der Waals surface area (Å²) in [6.45, 7) is 7.22. The fourth-order valence-electron chi connectivity index (χ4n) is 2.84. The van der Waals surface area contributed by atoms with Crippen LogP contribution < -0.4 is 5.32 Å². The Bertz CT molecular complexity index is 463. The van der Waals surface area contributed by atoms with Crippen LogP contribution in [0, 0.1) is 5.92 Å². The second-order valence-corrected chi connectivity index (χ2v) is 5.98. The number of nitrogens with one attached hydrogen (secondary N) is 1. The van der Waals surface area contributed by atoms with Gasteiger partial charge in [-0.1, -0.05) is 13.8 Å². The molecule has 1 aliphatic heterocycles. The van der Waals surface area contributed by atoms with Crippen LogP contribution in [-0.2, 0) is 19.4 Å². The Kier molecular flexibility index (Phi) is 4.42. The van der Waals surface area contributed by atoms with Gasteiger partial charge in [-0.05, 0) is 12.8 Å². The molecule has 0 aliphatic carbocycles. The average Bonchev–Trinajstić information content (AvgIpc) is 2.63. The number of rotatable bonds is 4. The fraction of sp³-hybridized carbons (Fsp3) is 0.786. The maximum absolute atomic E-state index is 12.7. The van der Waals surface area contributed by atoms with Crippen molar-refractivity contribution in [1.29, 1.82) is 0 Å². The van der Waals surface area contributed by atoms with Crippen LogP contribution >= 0.6 is 0 Å². The third kappa shape index (κ3) is 3.53. The third-order valence-corrected chi connectivity index (χ3v) is 3.56. The molecule has 0 fully saturated rings. The number of fused-ring (bicyclic) bond motifs is 1. The molecule has 1 aromatic rings. The summed E-state index contributed by atoms with van der Waals surface area (Å²) in [4.78, 5) is 4.58. The highest BCUT2D eigenvalue weighted by atomic mass is 19.4. The van der Waals surface area contributed by atoms with Crippen molar-refractivity contribution in [1.82, 2.24) is 14.9 Å². The lowest BCUT2D eigenvalue weighted by Crippen LogP contribution is -2.27. The molecule has 0 amide bonds. The summed E-state index contributed by atoms with van der Waals surface area (Å²) in [6.07, 6.45) is -3.47. The summed E-state index contributed by atoms with van der Waals surface area (Å²) >= 11 is 0. The summed E-state index contributed by atoms with van der Waals surface area (Å²) in [5, 5.41) is 3.22. The van der Waals surface area contributed by atoms with Crippen molar-refractivity contribution >= 4 is 0 Å². The van der Waals surface area contributed by atoms with Crippen molar-refractivity contribution in [2.45, 2.75) is 58.8 Å². The smallest absolute Gasteiger partial charge is 0.329 e. The van der Waals surface area contributed by atoms with E-state index in [0.29, 0.717) is 12.5 Å². The van der Waals surface area contributed by atoms with Crippen LogP contribution in [0.25, 0.3) is 0 Å². The quantitative estimate of drug-likeness (QED) is 0.922. The highest BCUT2D eigenvalue weighted by Gasteiger charge is 2.33. The Morgan fingerprint density at radius 3 is 2.60 bits per heavy atom. The van der Waals surface area contributed by atoms with E-state index in [4.69, 9.17) is 0 Å². The molecule has 1 atom stereocenters. The van der Waals surface area contributed by atoms with Crippen LogP contribution in [0.15, 0.2) is 0 Å². The van der Waals surface area contributed by atoms with Crippen molar-refractivity contribution < 1.29 is 13.2 Å². The Morgan fingerprint density at radius 1 is 1.30 bits per heavy atom. The molecule has 0 saturated heterocycles. The summed E-state index contributed by atoms with van der Waals surface area (Å²) < 4.78 is 39.9. The maximum Gasteiger partial charge on any atom is 0.391 e. The predicted molar refractivity (Wildman–Crippen MR) is 71.6 cm³/mol. The van der Waals surface area contributed by atoms with E-state index in [1.54, 1.807) is 6.92 Å². The van der Waals surface area contributed by atoms with Crippen molar-refractivity contribution in [2.24, 2.45) is 5.92 Å². The van der Waals surface area contributed by atoms with Gasteiger partial charge >= 0.3 is 6.18 Å². The van der Waals surface area contributed by atoms with Crippen molar-refractivity contribution in [3.8, 4) is 0 Å². The van der Waals surface area contributed by atoms with E-state index < -0.39 is 18.6 Å². The van der Waals surface area contributed by atoms with Gasteiger partial charge in [-0.25, -0.2) is 4.98 Å². The second-order valence-electron chi connectivity index (χ2n) is 5.98. The maximum atomic E-state index is 12.7. The lowest BCUT2D eigenvalue weighted by atomic mass is 10.1. The Labute approximate surface area is 117 Å². The molecule has 114 valence electrons. The van der Waals surface area contributed by atoms with Crippen molar-refractivity contribution in [2.75, 3.05) is 6.54 Å². The van der Waals surface area contributed by atoms with Crippen LogP contribution in [0.4, 0.5) is 13.2 Å². The lowest BCUT2D eigenvalue weighted by Gasteiger charge is -2.23. The first kappa shape index (κ1) is 15.4. The molecule has 0 bridgehead atoms. The number of imidazole rings is 1. The normalized spacial score (nSPS) is 17.4. The van der Waals surface area contributed by atoms with E-state index in [2.05, 4.69) is 24.1 Å². The number of hydrogen-bond donors (Lipinski definition) is 1. The minimum atomic E-state index is -4.14. The van der Waals surface area contributed by atoms with Gasteiger partial charge in [0.15, 0.2) is 0 Å². The zero-order chi connectivity index (χ0) is 14.9. The van der Waals surface area contributed by atoms with E-state index in [1.165, 1.54) is 0 Å². The highest BCUT2D eigenvalue weighted by Crippen LogP contribution is 2.31. The molecule has 1 N–H and O–H groups in total. The Hall–Kier alpha value is -1.04. The van der Waals surface area contributed by atoms with Gasteiger partial charge in [-0.3, -0.25) is 0 Å². The van der Waals surface area contributed by atoms with Crippen LogP contribution in [0.2, 0.25) is 0 Å². The minimum Gasteiger partial charge on any atom is -0.329 e. The molecule has 2 heterocycles. The SMILES string of the molecule is CC(C)Cc1nc2c(n1C(C)CC(F)(F)F)CCNC2. The number of nitrogens with zero attached hydrogens (tertiary/aromatic N) is 2. The van der Waals surface area contributed by atoms with Crippen molar-refractivity contribution in [3.63, 3.8) is 0 Å². The van der Waals surface area contributed by atoms with E-state index in [-0.39, 0.29) is 0 Å². The molecule has 0 spiro atoms. The molecule has 0 saturated carbocycles. The van der Waals surface area contributed by atoms with Gasteiger partial charge in [0.25, 0.3) is 0 Å². The minimum absolute atomic E-state index is 0.378. The van der Waals surface area contributed by atoms with Gasteiger partial charge in [-0.15, -0.1) is 0 Å². The van der Waals surface area contributed by atoms with Gasteiger partial charge < -0.3 is 9.88 Å². The van der Waals surface area contributed by atoms with E-state index in [0.717, 1.165) is 36.6 Å². The summed E-state index contributed by atoms with van der Waals surface area (Å²) in [5.41, 5.74) is 1.90. The topological polar surface area (TPSA) is 29.9 Å². The molecule has 1 aromatic heterocycles. The Balaban J connectivity index is 2.34. The van der Waals surface area contributed by atoms with E-state index in [1.807, 2.05) is 4.57 Å². The molecule has 3 nitrogen and oxygen atoms in total.